The highest BCUT2D eigenvalue weighted by Gasteiger charge is 2.25. The van der Waals surface area contributed by atoms with Gasteiger partial charge in [-0.2, -0.15) is 0 Å². The lowest BCUT2D eigenvalue weighted by atomic mass is 9.94. The van der Waals surface area contributed by atoms with Crippen molar-refractivity contribution in [2.45, 2.75) is 51.6 Å². The maximum Gasteiger partial charge on any atom is 0.280 e. The summed E-state index contributed by atoms with van der Waals surface area (Å²) in [5, 5.41) is 8.87. The average molecular weight is 420 g/mol. The van der Waals surface area contributed by atoms with Crippen molar-refractivity contribution < 1.29 is 28.2 Å². The Labute approximate surface area is 171 Å². The minimum atomic E-state index is -2.69. The zero-order valence-corrected chi connectivity index (χ0v) is 16.5. The Bertz CT molecular complexity index is 1030. The van der Waals surface area contributed by atoms with Crippen LogP contribution in [0.15, 0.2) is 16.9 Å². The number of ketones is 2. The summed E-state index contributed by atoms with van der Waals surface area (Å²) < 4.78 is 30.1. The Morgan fingerprint density at radius 1 is 1.07 bits per heavy atom. The van der Waals surface area contributed by atoms with Crippen LogP contribution in [0.3, 0.4) is 0 Å². The predicted octanol–water partition coefficient (Wildman–Crippen LogP) is 2.93. The molecule has 30 heavy (non-hydrogen) atoms. The molecule has 2 N–H and O–H groups in total. The smallest absolute Gasteiger partial charge is 0.280 e. The zero-order chi connectivity index (χ0) is 21.8. The van der Waals surface area contributed by atoms with Crippen molar-refractivity contribution in [3.05, 3.63) is 56.3 Å². The lowest BCUT2D eigenvalue weighted by Crippen LogP contribution is -2.23. The van der Waals surface area contributed by atoms with Crippen LogP contribution in [0.1, 0.15) is 75.6 Å². The molecule has 2 aromatic rings. The lowest BCUT2D eigenvalue weighted by molar-refractivity contribution is 0.0956. The maximum atomic E-state index is 12.6. The quantitative estimate of drug-likeness (QED) is 0.790. The fourth-order valence-electron chi connectivity index (χ4n) is 3.64. The summed E-state index contributed by atoms with van der Waals surface area (Å²) in [7, 11) is 1.41. The van der Waals surface area contributed by atoms with Crippen LogP contribution in [0.2, 0.25) is 0 Å². The topological polar surface area (TPSA) is 109 Å². The van der Waals surface area contributed by atoms with E-state index >= 15 is 0 Å². The average Bonchev–Trinajstić information content (AvgIpc) is 2.74. The van der Waals surface area contributed by atoms with Gasteiger partial charge in [0, 0.05) is 41.8 Å². The molecule has 9 heteroatoms. The fraction of sp³-hybridized carbons (Fsp3) is 0.429. The number of hydrogen-bond acceptors (Lipinski definition) is 6. The van der Waals surface area contributed by atoms with Gasteiger partial charge in [-0.05, 0) is 25.7 Å². The number of alkyl halides is 2. The van der Waals surface area contributed by atoms with Crippen LogP contribution in [-0.2, 0) is 19.4 Å². The van der Waals surface area contributed by atoms with Gasteiger partial charge in [-0.25, -0.2) is 13.8 Å². The molecular weight excluding hydrogens is 398 g/mol. The molecule has 0 saturated carbocycles. The molecule has 0 amide bonds. The Kier molecular flexibility index (Phi) is 6.71. The van der Waals surface area contributed by atoms with Gasteiger partial charge in [-0.1, -0.05) is 0 Å². The van der Waals surface area contributed by atoms with Crippen LogP contribution in [0.4, 0.5) is 8.78 Å². The third-order valence-electron chi connectivity index (χ3n) is 5.11. The van der Waals surface area contributed by atoms with Gasteiger partial charge in [0.2, 0.25) is 0 Å². The molecule has 2 aliphatic carbocycles. The molecule has 0 radical (unpaired) electrons. The van der Waals surface area contributed by atoms with Crippen molar-refractivity contribution in [2.24, 2.45) is 0 Å². The number of fused-ring (bicyclic) bond motifs is 2. The molecule has 2 aromatic heterocycles. The number of nitrogens with one attached hydrogen (secondary N) is 1. The van der Waals surface area contributed by atoms with Gasteiger partial charge in [0.05, 0.1) is 19.4 Å². The van der Waals surface area contributed by atoms with E-state index in [1.54, 1.807) is 0 Å². The number of methoxy groups -OCH3 is 1. The first-order valence-electron chi connectivity index (χ1n) is 9.64. The molecule has 2 heterocycles. The number of aliphatic hydroxyl groups is 1. The number of rotatable bonds is 3. The minimum Gasteiger partial charge on any atom is -0.496 e. The number of aliphatic hydroxyl groups excluding tert-OH is 1. The van der Waals surface area contributed by atoms with Crippen molar-refractivity contribution >= 4 is 11.6 Å². The number of nitrogens with zero attached hydrogens (tertiary/aromatic N) is 1. The van der Waals surface area contributed by atoms with E-state index in [0.29, 0.717) is 53.9 Å². The molecule has 4 rings (SSSR count). The second-order valence-electron chi connectivity index (χ2n) is 7.10. The maximum absolute atomic E-state index is 12.6. The summed E-state index contributed by atoms with van der Waals surface area (Å²) in [4.78, 5) is 41.1. The van der Waals surface area contributed by atoms with Gasteiger partial charge >= 0.3 is 0 Å². The van der Waals surface area contributed by atoms with E-state index in [2.05, 4.69) is 9.97 Å². The van der Waals surface area contributed by atoms with Gasteiger partial charge in [0.25, 0.3) is 6.43 Å². The normalized spacial score (nSPS) is 15.2. The Morgan fingerprint density at radius 2 is 1.73 bits per heavy atom. The van der Waals surface area contributed by atoms with Crippen LogP contribution >= 0.6 is 0 Å². The summed E-state index contributed by atoms with van der Waals surface area (Å²) in [6, 6.07) is 2.57. The van der Waals surface area contributed by atoms with Crippen molar-refractivity contribution in [3.63, 3.8) is 0 Å². The molecular formula is C21H22F2N2O5. The monoisotopic (exact) mass is 420 g/mol. The number of H-pyrrole nitrogens is 1. The van der Waals surface area contributed by atoms with Crippen molar-refractivity contribution in [2.75, 3.05) is 7.11 Å². The summed E-state index contributed by atoms with van der Waals surface area (Å²) in [6.45, 7) is -0.240. The molecule has 0 aromatic carbocycles. The second kappa shape index (κ2) is 9.25. The van der Waals surface area contributed by atoms with E-state index < -0.39 is 12.1 Å². The summed E-state index contributed by atoms with van der Waals surface area (Å²) >= 11 is 0. The molecule has 0 saturated heterocycles. The highest BCUT2D eigenvalue weighted by molar-refractivity contribution is 5.97. The van der Waals surface area contributed by atoms with E-state index in [0.717, 1.165) is 12.8 Å². The third-order valence-corrected chi connectivity index (χ3v) is 5.11. The second-order valence-corrected chi connectivity index (χ2v) is 7.10. The van der Waals surface area contributed by atoms with Crippen LogP contribution in [0.5, 0.6) is 5.75 Å². The molecule has 0 spiro atoms. The fourth-order valence-corrected chi connectivity index (χ4v) is 3.64. The number of halogens is 2. The molecule has 0 unspecified atom stereocenters. The summed E-state index contributed by atoms with van der Waals surface area (Å²) in [5.74, 6) is 0.133. The highest BCUT2D eigenvalue weighted by Crippen LogP contribution is 2.31. The van der Waals surface area contributed by atoms with Gasteiger partial charge in [0.1, 0.15) is 17.1 Å². The number of aromatic nitrogens is 2. The number of carbonyl (C=O) groups is 2. The van der Waals surface area contributed by atoms with E-state index in [1.807, 2.05) is 0 Å². The number of carbonyl (C=O) groups excluding carboxylic acids is 2. The number of Topliss-reactive ketones (excluding diaryl/α,β-unsaturated/α-hetero) is 2. The lowest BCUT2D eigenvalue weighted by Gasteiger charge is -2.17. The predicted molar refractivity (Wildman–Crippen MR) is 103 cm³/mol. The Hall–Kier alpha value is -2.94. The molecule has 0 bridgehead atoms. The molecule has 2 aliphatic rings. The molecule has 0 atom stereocenters. The minimum absolute atomic E-state index is 0.0290. The molecule has 160 valence electrons. The first-order valence-corrected chi connectivity index (χ1v) is 9.64. The van der Waals surface area contributed by atoms with E-state index in [-0.39, 0.29) is 29.3 Å². The van der Waals surface area contributed by atoms with Gasteiger partial charge in [-0.3, -0.25) is 14.4 Å². The number of aromatic amines is 1. The van der Waals surface area contributed by atoms with Crippen LogP contribution in [0, 0.1) is 0 Å². The standard InChI is InChI=1S/C11H11F2NO2.C10H11NO3/c1-16-9-5-7(11(12)13)14-10-6(9)3-2-4-8(10)15;12-5-6-4-9(14)7-2-1-3-8(13)10(7)11-6/h5,11H,2-4H2,1H3;4,12H,1-3,5H2,(H,11,14). The van der Waals surface area contributed by atoms with E-state index in [9.17, 15) is 23.2 Å². The van der Waals surface area contributed by atoms with Gasteiger partial charge in [-0.15, -0.1) is 0 Å². The Balaban J connectivity index is 0.000000172. The van der Waals surface area contributed by atoms with Crippen molar-refractivity contribution in [1.82, 2.24) is 9.97 Å². The van der Waals surface area contributed by atoms with Crippen LogP contribution in [-0.4, -0.2) is 33.8 Å². The number of hydrogen-bond donors (Lipinski definition) is 2. The first-order chi connectivity index (χ1) is 14.3. The van der Waals surface area contributed by atoms with Gasteiger partial charge in [0.15, 0.2) is 17.0 Å². The van der Waals surface area contributed by atoms with E-state index in [1.165, 1.54) is 19.2 Å². The summed E-state index contributed by atoms with van der Waals surface area (Å²) in [5.41, 5.74) is 1.64. The van der Waals surface area contributed by atoms with E-state index in [4.69, 9.17) is 9.84 Å². The third kappa shape index (κ3) is 4.46. The number of pyridine rings is 2. The number of ether oxygens (including phenoxy) is 1. The summed E-state index contributed by atoms with van der Waals surface area (Å²) in [6.07, 6.45) is 0.941. The van der Waals surface area contributed by atoms with Crippen molar-refractivity contribution in [1.29, 1.82) is 0 Å². The molecule has 0 aliphatic heterocycles. The Morgan fingerprint density at radius 3 is 2.37 bits per heavy atom. The SMILES string of the molecule is COc1cc(C(F)F)nc2c1CCCC2=O.O=C1CCCc2c1[nH]c(CO)cc2=O. The molecule has 7 nitrogen and oxygen atoms in total. The first kappa shape index (κ1) is 21.8. The van der Waals surface area contributed by atoms with Crippen LogP contribution < -0.4 is 10.2 Å². The largest absolute Gasteiger partial charge is 0.496 e. The van der Waals surface area contributed by atoms with Crippen LogP contribution in [0.25, 0.3) is 0 Å². The highest BCUT2D eigenvalue weighted by atomic mass is 19.3. The van der Waals surface area contributed by atoms with Gasteiger partial charge < -0.3 is 14.8 Å². The van der Waals surface area contributed by atoms with Crippen molar-refractivity contribution in [3.8, 4) is 5.75 Å². The zero-order valence-electron chi connectivity index (χ0n) is 16.5. The molecule has 0 fully saturated rings.